The summed E-state index contributed by atoms with van der Waals surface area (Å²) < 4.78 is 40.6. The van der Waals surface area contributed by atoms with Gasteiger partial charge < -0.3 is 5.32 Å². The Hall–Kier alpha value is -2.61. The highest BCUT2D eigenvalue weighted by Crippen LogP contribution is 2.35. The van der Waals surface area contributed by atoms with E-state index in [4.69, 9.17) is 23.2 Å². The first kappa shape index (κ1) is 22.1. The minimum atomic E-state index is -4.13. The number of rotatable bonds is 6. The van der Waals surface area contributed by atoms with Crippen molar-refractivity contribution in [2.45, 2.75) is 11.8 Å². The van der Waals surface area contributed by atoms with Gasteiger partial charge in [0.25, 0.3) is 10.0 Å². The second-order valence-corrected chi connectivity index (χ2v) is 9.10. The van der Waals surface area contributed by atoms with Crippen LogP contribution in [0.1, 0.15) is 5.56 Å². The molecule has 0 aromatic heterocycles. The number of carbonyl (C=O) groups is 1. The van der Waals surface area contributed by atoms with Gasteiger partial charge in [-0.15, -0.1) is 0 Å². The Bertz CT molecular complexity index is 1170. The van der Waals surface area contributed by atoms with E-state index in [1.165, 1.54) is 48.5 Å². The molecule has 0 heterocycles. The third-order valence-electron chi connectivity index (χ3n) is 4.22. The highest BCUT2D eigenvalue weighted by atomic mass is 35.5. The summed E-state index contributed by atoms with van der Waals surface area (Å²) in [6.45, 7) is 1.27. The Morgan fingerprint density at radius 2 is 1.63 bits per heavy atom. The highest BCUT2D eigenvalue weighted by Gasteiger charge is 2.29. The number of carbonyl (C=O) groups excluding carboxylic acids is 1. The first-order valence-corrected chi connectivity index (χ1v) is 11.0. The van der Waals surface area contributed by atoms with Gasteiger partial charge in [-0.2, -0.15) is 0 Å². The maximum Gasteiger partial charge on any atom is 0.264 e. The van der Waals surface area contributed by atoms with E-state index in [2.05, 4.69) is 5.32 Å². The van der Waals surface area contributed by atoms with Crippen LogP contribution in [0.2, 0.25) is 10.0 Å². The molecule has 30 heavy (non-hydrogen) atoms. The third-order valence-corrected chi connectivity index (χ3v) is 6.81. The van der Waals surface area contributed by atoms with Gasteiger partial charge in [-0.05, 0) is 55.5 Å². The van der Waals surface area contributed by atoms with E-state index in [-0.39, 0.29) is 20.6 Å². The monoisotopic (exact) mass is 466 g/mol. The van der Waals surface area contributed by atoms with Crippen molar-refractivity contribution < 1.29 is 17.6 Å². The van der Waals surface area contributed by atoms with E-state index >= 15 is 0 Å². The van der Waals surface area contributed by atoms with Crippen molar-refractivity contribution in [1.82, 2.24) is 0 Å². The van der Waals surface area contributed by atoms with Gasteiger partial charge in [0.15, 0.2) is 0 Å². The van der Waals surface area contributed by atoms with Crippen LogP contribution in [0, 0.1) is 12.7 Å². The number of anilines is 2. The fraction of sp³-hybridized carbons (Fsp3) is 0.0952. The lowest BCUT2D eigenvalue weighted by Gasteiger charge is -2.25. The molecule has 3 rings (SSSR count). The van der Waals surface area contributed by atoms with Crippen molar-refractivity contribution in [2.75, 3.05) is 16.2 Å². The maximum atomic E-state index is 13.3. The Labute approximate surface area is 184 Å². The zero-order chi connectivity index (χ0) is 21.9. The van der Waals surface area contributed by atoms with Gasteiger partial charge in [0.05, 0.1) is 20.6 Å². The SMILES string of the molecule is Cc1ccc(S(=O)(=O)N(CC(=O)Nc2ccc(F)cc2)c2cccc(Cl)c2Cl)cc1. The van der Waals surface area contributed by atoms with Crippen LogP contribution in [0.25, 0.3) is 0 Å². The van der Waals surface area contributed by atoms with Gasteiger partial charge >= 0.3 is 0 Å². The topological polar surface area (TPSA) is 66.5 Å². The van der Waals surface area contributed by atoms with Crippen LogP contribution in [0.15, 0.2) is 71.6 Å². The van der Waals surface area contributed by atoms with E-state index in [1.54, 1.807) is 18.2 Å². The lowest BCUT2D eigenvalue weighted by Crippen LogP contribution is -2.38. The summed E-state index contributed by atoms with van der Waals surface area (Å²) in [5.74, 6) is -1.09. The molecular formula is C21H17Cl2FN2O3S. The largest absolute Gasteiger partial charge is 0.325 e. The smallest absolute Gasteiger partial charge is 0.264 e. The first-order valence-electron chi connectivity index (χ1n) is 8.77. The predicted octanol–water partition coefficient (Wildman–Crippen LogP) is 5.27. The van der Waals surface area contributed by atoms with Crippen LogP contribution in [0.3, 0.4) is 0 Å². The van der Waals surface area contributed by atoms with Crippen molar-refractivity contribution in [2.24, 2.45) is 0 Å². The van der Waals surface area contributed by atoms with Crippen LogP contribution in [-0.2, 0) is 14.8 Å². The molecule has 3 aromatic rings. The molecule has 5 nitrogen and oxygen atoms in total. The number of nitrogens with one attached hydrogen (secondary N) is 1. The van der Waals surface area contributed by atoms with Crippen molar-refractivity contribution in [3.05, 3.63) is 88.2 Å². The van der Waals surface area contributed by atoms with Crippen molar-refractivity contribution >= 4 is 50.5 Å². The van der Waals surface area contributed by atoms with Gasteiger partial charge in [-0.1, -0.05) is 47.0 Å². The van der Waals surface area contributed by atoms with Crippen LogP contribution < -0.4 is 9.62 Å². The molecule has 0 radical (unpaired) electrons. The standard InChI is InChI=1S/C21H17Cl2FN2O3S/c1-14-5-11-17(12-6-14)30(28,29)26(19-4-2-3-18(22)21(19)23)13-20(27)25-16-9-7-15(24)8-10-16/h2-12H,13H2,1H3,(H,25,27). The number of halogens is 3. The van der Waals surface area contributed by atoms with Crippen molar-refractivity contribution in [3.8, 4) is 0 Å². The molecule has 9 heteroatoms. The molecule has 0 saturated carbocycles. The summed E-state index contributed by atoms with van der Waals surface area (Å²) in [4.78, 5) is 12.6. The lowest BCUT2D eigenvalue weighted by molar-refractivity contribution is -0.114. The Morgan fingerprint density at radius 3 is 2.27 bits per heavy atom. The molecule has 0 fully saturated rings. The molecule has 156 valence electrons. The molecular weight excluding hydrogens is 450 g/mol. The fourth-order valence-corrected chi connectivity index (χ4v) is 4.57. The molecule has 0 bridgehead atoms. The first-order chi connectivity index (χ1) is 14.2. The minimum Gasteiger partial charge on any atom is -0.325 e. The summed E-state index contributed by atoms with van der Waals surface area (Å²) in [6.07, 6.45) is 0. The summed E-state index contributed by atoms with van der Waals surface area (Å²) in [5, 5.41) is 2.70. The molecule has 0 atom stereocenters. The number of hydrogen-bond acceptors (Lipinski definition) is 3. The predicted molar refractivity (Wildman–Crippen MR) is 117 cm³/mol. The van der Waals surface area contributed by atoms with Crippen LogP contribution in [0.4, 0.5) is 15.8 Å². The number of amides is 1. The van der Waals surface area contributed by atoms with Gasteiger partial charge in [0.2, 0.25) is 5.91 Å². The minimum absolute atomic E-state index is 0.00118. The van der Waals surface area contributed by atoms with Gasteiger partial charge in [-0.25, -0.2) is 12.8 Å². The number of benzene rings is 3. The van der Waals surface area contributed by atoms with E-state index in [0.717, 1.165) is 9.87 Å². The van der Waals surface area contributed by atoms with Gasteiger partial charge in [0, 0.05) is 5.69 Å². The molecule has 0 aliphatic carbocycles. The molecule has 0 saturated heterocycles. The number of aryl methyl sites for hydroxylation is 1. The third kappa shape index (κ3) is 4.92. The molecule has 0 aliphatic rings. The molecule has 1 amide bonds. The second-order valence-electron chi connectivity index (χ2n) is 6.45. The second kappa shape index (κ2) is 9.04. The van der Waals surface area contributed by atoms with Gasteiger partial charge in [0.1, 0.15) is 12.4 Å². The molecule has 0 spiro atoms. The molecule has 0 aliphatic heterocycles. The summed E-state index contributed by atoms with van der Waals surface area (Å²) >= 11 is 12.3. The summed E-state index contributed by atoms with van der Waals surface area (Å²) in [7, 11) is -4.13. The van der Waals surface area contributed by atoms with Gasteiger partial charge in [-0.3, -0.25) is 9.10 Å². The quantitative estimate of drug-likeness (QED) is 0.537. The van der Waals surface area contributed by atoms with Crippen LogP contribution in [-0.4, -0.2) is 20.9 Å². The zero-order valence-electron chi connectivity index (χ0n) is 15.8. The summed E-state index contributed by atoms with van der Waals surface area (Å²) in [5.41, 5.74) is 1.28. The van der Waals surface area contributed by atoms with E-state index in [0.29, 0.717) is 5.69 Å². The summed E-state index contributed by atoms with van der Waals surface area (Å²) in [6, 6.07) is 15.9. The van der Waals surface area contributed by atoms with E-state index < -0.39 is 28.3 Å². The number of nitrogens with zero attached hydrogens (tertiary/aromatic N) is 1. The average molecular weight is 467 g/mol. The molecule has 0 unspecified atom stereocenters. The molecule has 3 aromatic carbocycles. The van der Waals surface area contributed by atoms with Crippen molar-refractivity contribution in [3.63, 3.8) is 0 Å². The van der Waals surface area contributed by atoms with E-state index in [1.807, 2.05) is 6.92 Å². The van der Waals surface area contributed by atoms with Crippen molar-refractivity contribution in [1.29, 1.82) is 0 Å². The fourth-order valence-electron chi connectivity index (χ4n) is 2.69. The highest BCUT2D eigenvalue weighted by molar-refractivity contribution is 7.92. The van der Waals surface area contributed by atoms with E-state index in [9.17, 15) is 17.6 Å². The Balaban J connectivity index is 1.99. The lowest BCUT2D eigenvalue weighted by atomic mass is 10.2. The number of sulfonamides is 1. The Kier molecular flexibility index (Phi) is 6.65. The average Bonchev–Trinajstić information content (AvgIpc) is 2.70. The molecule has 1 N–H and O–H groups in total. The number of hydrogen-bond donors (Lipinski definition) is 1. The Morgan fingerprint density at radius 1 is 1.00 bits per heavy atom. The van der Waals surface area contributed by atoms with Crippen LogP contribution in [0.5, 0.6) is 0 Å². The normalized spacial score (nSPS) is 11.2. The maximum absolute atomic E-state index is 13.3. The van der Waals surface area contributed by atoms with Crippen LogP contribution >= 0.6 is 23.2 Å². The zero-order valence-corrected chi connectivity index (χ0v) is 18.1.